The molecule has 3 heteroatoms. The lowest BCUT2D eigenvalue weighted by molar-refractivity contribution is 0.0309. The van der Waals surface area contributed by atoms with Gasteiger partial charge in [0.1, 0.15) is 0 Å². The van der Waals surface area contributed by atoms with Crippen molar-refractivity contribution in [1.29, 1.82) is 0 Å². The molecule has 0 heterocycles. The minimum atomic E-state index is 0.437. The van der Waals surface area contributed by atoms with Crippen LogP contribution in [0.5, 0.6) is 0 Å². The summed E-state index contributed by atoms with van der Waals surface area (Å²) in [5.74, 6) is 0. The van der Waals surface area contributed by atoms with Gasteiger partial charge >= 0.3 is 0 Å². The van der Waals surface area contributed by atoms with Crippen molar-refractivity contribution in [3.05, 3.63) is 0 Å². The molecule has 0 bridgehead atoms. The van der Waals surface area contributed by atoms with Crippen molar-refractivity contribution in [1.82, 2.24) is 0 Å². The fourth-order valence-corrected chi connectivity index (χ4v) is 1.70. The molecule has 0 radical (unpaired) electrons. The summed E-state index contributed by atoms with van der Waals surface area (Å²) < 4.78 is 5.73. The second kappa shape index (κ2) is 5.84. The first-order chi connectivity index (χ1) is 5.83. The molecular weight excluding hydrogens is 170 g/mol. The Balaban J connectivity index is 2.05. The largest absolute Gasteiger partial charge is 0.377 e. The van der Waals surface area contributed by atoms with Crippen LogP contribution in [0, 0.1) is 0 Å². The molecule has 0 saturated heterocycles. The minimum absolute atomic E-state index is 0.437. The highest BCUT2D eigenvalue weighted by atomic mass is 32.2. The lowest BCUT2D eigenvalue weighted by Crippen LogP contribution is -2.21. The first-order valence-corrected chi connectivity index (χ1v) is 5.74. The van der Waals surface area contributed by atoms with Gasteiger partial charge in [0, 0.05) is 5.25 Å². The topological polar surface area (TPSA) is 35.2 Å². The van der Waals surface area contributed by atoms with Gasteiger partial charge in [0.05, 0.1) is 12.7 Å². The molecule has 1 unspecified atom stereocenters. The van der Waals surface area contributed by atoms with Gasteiger partial charge in [-0.1, -0.05) is 31.2 Å². The number of hydrogen-bond donors (Lipinski definition) is 1. The number of hydrogen-bond acceptors (Lipinski definition) is 3. The zero-order chi connectivity index (χ0) is 8.81. The van der Waals surface area contributed by atoms with E-state index in [1.165, 1.54) is 44.1 Å². The Labute approximate surface area is 79.4 Å². The molecule has 1 atom stereocenters. The lowest BCUT2D eigenvalue weighted by Gasteiger charge is -2.23. The molecule has 1 fully saturated rings. The van der Waals surface area contributed by atoms with E-state index in [2.05, 4.69) is 6.92 Å². The van der Waals surface area contributed by atoms with Crippen molar-refractivity contribution in [3.63, 3.8) is 0 Å². The fraction of sp³-hybridized carbons (Fsp3) is 1.00. The van der Waals surface area contributed by atoms with Gasteiger partial charge in [-0.2, -0.15) is 0 Å². The van der Waals surface area contributed by atoms with Crippen molar-refractivity contribution in [3.8, 4) is 0 Å². The Morgan fingerprint density at radius 2 is 2.08 bits per heavy atom. The summed E-state index contributed by atoms with van der Waals surface area (Å²) >= 11 is 1.39. The average molecular weight is 189 g/mol. The van der Waals surface area contributed by atoms with Crippen LogP contribution in [0.25, 0.3) is 0 Å². The van der Waals surface area contributed by atoms with Gasteiger partial charge in [-0.05, 0) is 19.8 Å². The van der Waals surface area contributed by atoms with E-state index in [1.54, 1.807) is 0 Å². The van der Waals surface area contributed by atoms with Crippen molar-refractivity contribution in [2.75, 3.05) is 6.61 Å². The highest BCUT2D eigenvalue weighted by Crippen LogP contribution is 2.20. The molecule has 0 aromatic heterocycles. The molecule has 0 aromatic rings. The summed E-state index contributed by atoms with van der Waals surface area (Å²) in [7, 11) is 0. The van der Waals surface area contributed by atoms with Gasteiger partial charge in [-0.3, -0.25) is 5.14 Å². The molecule has 72 valence electrons. The van der Waals surface area contributed by atoms with Crippen LogP contribution >= 0.6 is 11.9 Å². The Bertz CT molecular complexity index is 115. The maximum Gasteiger partial charge on any atom is 0.0598 e. The van der Waals surface area contributed by atoms with E-state index in [4.69, 9.17) is 9.88 Å². The van der Waals surface area contributed by atoms with Crippen LogP contribution in [0.2, 0.25) is 0 Å². The lowest BCUT2D eigenvalue weighted by atomic mass is 9.98. The summed E-state index contributed by atoms with van der Waals surface area (Å²) in [6.07, 6.45) is 7.10. The molecule has 12 heavy (non-hydrogen) atoms. The second-order valence-corrected chi connectivity index (χ2v) is 4.62. The van der Waals surface area contributed by atoms with E-state index >= 15 is 0 Å². The van der Waals surface area contributed by atoms with Crippen LogP contribution in [0.3, 0.4) is 0 Å². The standard InChI is InChI=1S/C9H19NOS/c1-8(12-10)7-11-9-5-3-2-4-6-9/h8-9H,2-7,10H2,1H3. The third-order valence-corrected chi connectivity index (χ3v) is 2.95. The van der Waals surface area contributed by atoms with E-state index in [0.29, 0.717) is 11.4 Å². The van der Waals surface area contributed by atoms with Crippen molar-refractivity contribution >= 4 is 11.9 Å². The molecule has 0 aromatic carbocycles. The maximum atomic E-state index is 5.73. The molecular formula is C9H19NOS. The summed E-state index contributed by atoms with van der Waals surface area (Å²) in [6, 6.07) is 0. The van der Waals surface area contributed by atoms with E-state index in [-0.39, 0.29) is 0 Å². The molecule has 0 amide bonds. The van der Waals surface area contributed by atoms with Gasteiger partial charge in [-0.25, -0.2) is 0 Å². The Kier molecular flexibility index (Phi) is 5.04. The third-order valence-electron chi connectivity index (χ3n) is 2.35. The third kappa shape index (κ3) is 3.78. The molecule has 2 N–H and O–H groups in total. The summed E-state index contributed by atoms with van der Waals surface area (Å²) in [5, 5.41) is 5.86. The predicted molar refractivity (Wildman–Crippen MR) is 54.1 cm³/mol. The smallest absolute Gasteiger partial charge is 0.0598 e. The molecule has 1 rings (SSSR count). The van der Waals surface area contributed by atoms with Crippen molar-refractivity contribution in [2.24, 2.45) is 5.14 Å². The molecule has 0 aliphatic heterocycles. The fourth-order valence-electron chi connectivity index (χ4n) is 1.54. The van der Waals surface area contributed by atoms with Gasteiger partial charge < -0.3 is 4.74 Å². The molecule has 1 saturated carbocycles. The number of ether oxygens (including phenoxy) is 1. The van der Waals surface area contributed by atoms with E-state index in [1.807, 2.05) is 0 Å². The molecule has 0 spiro atoms. The van der Waals surface area contributed by atoms with Crippen LogP contribution in [0.1, 0.15) is 39.0 Å². The van der Waals surface area contributed by atoms with Crippen LogP contribution in [-0.2, 0) is 4.74 Å². The summed E-state index contributed by atoms with van der Waals surface area (Å²) in [5.41, 5.74) is 0. The Morgan fingerprint density at radius 3 is 2.67 bits per heavy atom. The molecule has 1 aliphatic carbocycles. The SMILES string of the molecule is CC(COC1CCCCC1)SN. The summed E-state index contributed by atoms with van der Waals surface area (Å²) in [4.78, 5) is 0. The van der Waals surface area contributed by atoms with Gasteiger partial charge in [-0.15, -0.1) is 0 Å². The van der Waals surface area contributed by atoms with Crippen LogP contribution in [-0.4, -0.2) is 18.0 Å². The summed E-state index contributed by atoms with van der Waals surface area (Å²) in [6.45, 7) is 2.92. The molecule has 1 aliphatic rings. The van der Waals surface area contributed by atoms with Crippen molar-refractivity contribution < 1.29 is 4.74 Å². The maximum absolute atomic E-state index is 5.73. The zero-order valence-electron chi connectivity index (χ0n) is 7.79. The number of rotatable bonds is 4. The quantitative estimate of drug-likeness (QED) is 0.689. The first kappa shape index (κ1) is 10.4. The predicted octanol–water partition coefficient (Wildman–Crippen LogP) is 2.33. The molecule has 2 nitrogen and oxygen atoms in total. The number of nitrogens with two attached hydrogens (primary N) is 1. The van der Waals surface area contributed by atoms with E-state index < -0.39 is 0 Å². The van der Waals surface area contributed by atoms with Crippen LogP contribution < -0.4 is 5.14 Å². The van der Waals surface area contributed by atoms with Crippen molar-refractivity contribution in [2.45, 2.75) is 50.4 Å². The Morgan fingerprint density at radius 1 is 1.42 bits per heavy atom. The van der Waals surface area contributed by atoms with Gasteiger partial charge in [0.2, 0.25) is 0 Å². The van der Waals surface area contributed by atoms with Crippen LogP contribution in [0.4, 0.5) is 0 Å². The van der Waals surface area contributed by atoms with E-state index in [0.717, 1.165) is 6.61 Å². The van der Waals surface area contributed by atoms with Gasteiger partial charge in [0.15, 0.2) is 0 Å². The van der Waals surface area contributed by atoms with Crippen LogP contribution in [0.15, 0.2) is 0 Å². The zero-order valence-corrected chi connectivity index (χ0v) is 8.61. The average Bonchev–Trinajstić information content (AvgIpc) is 2.16. The first-order valence-electron chi connectivity index (χ1n) is 4.80. The van der Waals surface area contributed by atoms with E-state index in [9.17, 15) is 0 Å². The normalized spacial score (nSPS) is 22.5. The Hall–Kier alpha value is 0.270. The highest BCUT2D eigenvalue weighted by molar-refractivity contribution is 7.97. The second-order valence-electron chi connectivity index (χ2n) is 3.54. The monoisotopic (exact) mass is 189 g/mol. The minimum Gasteiger partial charge on any atom is -0.377 e. The highest BCUT2D eigenvalue weighted by Gasteiger charge is 2.14. The van der Waals surface area contributed by atoms with Gasteiger partial charge in [0.25, 0.3) is 0 Å².